The maximum Gasteiger partial charge on any atom is 0.309 e. The molecule has 3 aromatic rings. The average Bonchev–Trinajstić information content (AvgIpc) is 3.43. The SMILES string of the molecule is CCC(C)NC(=O)CN1CC(c2cccc3occc23)C(C(=O)O)C1c1ccc(OC)cc1. The fourth-order valence-corrected chi connectivity index (χ4v) is 4.86. The van der Waals surface area contributed by atoms with Crippen molar-refractivity contribution in [2.75, 3.05) is 20.2 Å². The van der Waals surface area contributed by atoms with E-state index < -0.39 is 17.9 Å². The molecule has 0 spiro atoms. The number of carbonyl (C=O) groups is 2. The predicted octanol–water partition coefficient (Wildman–Crippen LogP) is 4.20. The molecule has 1 saturated heterocycles. The first-order valence-electron chi connectivity index (χ1n) is 11.3. The lowest BCUT2D eigenvalue weighted by Crippen LogP contribution is -2.41. The summed E-state index contributed by atoms with van der Waals surface area (Å²) in [6, 6.07) is 14.7. The lowest BCUT2D eigenvalue weighted by atomic mass is 9.82. The van der Waals surface area contributed by atoms with Crippen molar-refractivity contribution >= 4 is 22.8 Å². The Bertz CT molecular complexity index is 1120. The summed E-state index contributed by atoms with van der Waals surface area (Å²) >= 11 is 0. The molecule has 4 rings (SSSR count). The Kier molecular flexibility index (Phi) is 6.70. The van der Waals surface area contributed by atoms with E-state index in [1.54, 1.807) is 13.4 Å². The van der Waals surface area contributed by atoms with Crippen molar-refractivity contribution in [1.29, 1.82) is 0 Å². The normalized spacial score (nSPS) is 21.7. The zero-order chi connectivity index (χ0) is 23.5. The number of ether oxygens (including phenoxy) is 1. The minimum Gasteiger partial charge on any atom is -0.497 e. The molecule has 7 nitrogen and oxygen atoms in total. The number of benzene rings is 2. The van der Waals surface area contributed by atoms with Crippen LogP contribution in [0.25, 0.3) is 11.0 Å². The van der Waals surface area contributed by atoms with E-state index in [1.807, 2.05) is 67.3 Å². The second-order valence-corrected chi connectivity index (χ2v) is 8.67. The first-order chi connectivity index (χ1) is 15.9. The Hall–Kier alpha value is -3.32. The third-order valence-electron chi connectivity index (χ3n) is 6.64. The van der Waals surface area contributed by atoms with Crippen LogP contribution in [0.1, 0.15) is 43.4 Å². The van der Waals surface area contributed by atoms with Crippen molar-refractivity contribution in [3.05, 3.63) is 65.9 Å². The van der Waals surface area contributed by atoms with Crippen LogP contribution < -0.4 is 10.1 Å². The highest BCUT2D eigenvalue weighted by molar-refractivity contribution is 5.84. The Labute approximate surface area is 193 Å². The van der Waals surface area contributed by atoms with Crippen LogP contribution in [0.3, 0.4) is 0 Å². The molecule has 7 heteroatoms. The van der Waals surface area contributed by atoms with E-state index in [-0.39, 0.29) is 24.4 Å². The first kappa shape index (κ1) is 22.9. The molecule has 33 heavy (non-hydrogen) atoms. The molecule has 2 aromatic carbocycles. The molecule has 4 unspecified atom stereocenters. The number of furan rings is 1. The number of fused-ring (bicyclic) bond motifs is 1. The summed E-state index contributed by atoms with van der Waals surface area (Å²) in [5, 5.41) is 14.3. The van der Waals surface area contributed by atoms with E-state index in [2.05, 4.69) is 5.32 Å². The number of nitrogens with one attached hydrogen (secondary N) is 1. The second-order valence-electron chi connectivity index (χ2n) is 8.67. The smallest absolute Gasteiger partial charge is 0.309 e. The summed E-state index contributed by atoms with van der Waals surface area (Å²) in [4.78, 5) is 27.4. The number of hydrogen-bond acceptors (Lipinski definition) is 5. The van der Waals surface area contributed by atoms with Gasteiger partial charge in [-0.3, -0.25) is 14.5 Å². The number of aliphatic carboxylic acids is 1. The fourth-order valence-electron chi connectivity index (χ4n) is 4.86. The third-order valence-corrected chi connectivity index (χ3v) is 6.64. The number of rotatable bonds is 8. The van der Waals surface area contributed by atoms with Gasteiger partial charge in [0.05, 0.1) is 25.8 Å². The monoisotopic (exact) mass is 450 g/mol. The van der Waals surface area contributed by atoms with Gasteiger partial charge in [0, 0.05) is 29.9 Å². The van der Waals surface area contributed by atoms with Crippen molar-refractivity contribution in [2.24, 2.45) is 5.92 Å². The van der Waals surface area contributed by atoms with Gasteiger partial charge in [0.15, 0.2) is 0 Å². The van der Waals surface area contributed by atoms with Crippen LogP contribution in [0.15, 0.2) is 59.2 Å². The molecule has 4 atom stereocenters. The lowest BCUT2D eigenvalue weighted by Gasteiger charge is -2.27. The van der Waals surface area contributed by atoms with E-state index >= 15 is 0 Å². The molecule has 0 radical (unpaired) electrons. The predicted molar refractivity (Wildman–Crippen MR) is 125 cm³/mol. The number of methoxy groups -OCH3 is 1. The van der Waals surface area contributed by atoms with Gasteiger partial charge >= 0.3 is 5.97 Å². The van der Waals surface area contributed by atoms with Crippen LogP contribution in [0.5, 0.6) is 5.75 Å². The number of carboxylic acid groups (broad SMARTS) is 1. The zero-order valence-corrected chi connectivity index (χ0v) is 19.2. The second kappa shape index (κ2) is 9.67. The van der Waals surface area contributed by atoms with Gasteiger partial charge in [-0.15, -0.1) is 0 Å². The molecule has 1 aliphatic rings. The summed E-state index contributed by atoms with van der Waals surface area (Å²) in [7, 11) is 1.60. The van der Waals surface area contributed by atoms with Crippen molar-refractivity contribution in [1.82, 2.24) is 10.2 Å². The minimum atomic E-state index is -0.883. The first-order valence-corrected chi connectivity index (χ1v) is 11.3. The number of hydrogen-bond donors (Lipinski definition) is 2. The molecule has 1 aromatic heterocycles. The van der Waals surface area contributed by atoms with Crippen LogP contribution in [-0.4, -0.2) is 48.1 Å². The summed E-state index contributed by atoms with van der Waals surface area (Å²) in [6.45, 7) is 4.56. The van der Waals surface area contributed by atoms with Crippen LogP contribution >= 0.6 is 0 Å². The maximum atomic E-state index is 12.8. The molecule has 0 saturated carbocycles. The largest absolute Gasteiger partial charge is 0.497 e. The van der Waals surface area contributed by atoms with Gasteiger partial charge in [0.1, 0.15) is 11.3 Å². The van der Waals surface area contributed by atoms with Gasteiger partial charge in [-0.25, -0.2) is 0 Å². The van der Waals surface area contributed by atoms with Crippen LogP contribution in [0.4, 0.5) is 0 Å². The van der Waals surface area contributed by atoms with E-state index in [1.165, 1.54) is 0 Å². The Morgan fingerprint density at radius 2 is 1.97 bits per heavy atom. The topological polar surface area (TPSA) is 92.0 Å². The van der Waals surface area contributed by atoms with Gasteiger partial charge in [-0.1, -0.05) is 31.2 Å². The quantitative estimate of drug-likeness (QED) is 0.535. The number of amides is 1. The van der Waals surface area contributed by atoms with E-state index in [9.17, 15) is 14.7 Å². The molecule has 0 bridgehead atoms. The molecule has 1 amide bonds. The molecule has 2 N–H and O–H groups in total. The Morgan fingerprint density at radius 1 is 1.21 bits per heavy atom. The Balaban J connectivity index is 1.75. The summed E-state index contributed by atoms with van der Waals surface area (Å²) in [5.74, 6) is -1.31. The van der Waals surface area contributed by atoms with Gasteiger partial charge < -0.3 is 19.6 Å². The molecule has 1 aliphatic heterocycles. The summed E-state index contributed by atoms with van der Waals surface area (Å²) in [5.41, 5.74) is 2.50. The van der Waals surface area contributed by atoms with Crippen LogP contribution in [0.2, 0.25) is 0 Å². The van der Waals surface area contributed by atoms with Crippen molar-refractivity contribution in [3.8, 4) is 5.75 Å². The lowest BCUT2D eigenvalue weighted by molar-refractivity contribution is -0.143. The molecular formula is C26H30N2O5. The van der Waals surface area contributed by atoms with Crippen LogP contribution in [-0.2, 0) is 9.59 Å². The van der Waals surface area contributed by atoms with Gasteiger partial charge in [0.25, 0.3) is 0 Å². The standard InChI is InChI=1S/C26H30N2O5/c1-4-16(2)27-23(29)15-28-14-21(19-6-5-7-22-20(19)12-13-33-22)24(26(30)31)25(28)17-8-10-18(32-3)11-9-17/h5-13,16,21,24-25H,4,14-15H2,1-3H3,(H,27,29)(H,30,31). The zero-order valence-electron chi connectivity index (χ0n) is 19.2. The van der Waals surface area contributed by atoms with Crippen molar-refractivity contribution in [3.63, 3.8) is 0 Å². The van der Waals surface area contributed by atoms with Crippen molar-refractivity contribution in [2.45, 2.75) is 38.3 Å². The molecule has 2 heterocycles. The number of likely N-dealkylation sites (tertiary alicyclic amines) is 1. The number of carbonyl (C=O) groups excluding carboxylic acids is 1. The number of carboxylic acids is 1. The summed E-state index contributed by atoms with van der Waals surface area (Å²) < 4.78 is 10.8. The average molecular weight is 451 g/mol. The van der Waals surface area contributed by atoms with Crippen molar-refractivity contribution < 1.29 is 23.8 Å². The molecule has 174 valence electrons. The Morgan fingerprint density at radius 3 is 2.64 bits per heavy atom. The highest BCUT2D eigenvalue weighted by Crippen LogP contribution is 2.47. The third kappa shape index (κ3) is 4.59. The fraction of sp³-hybridized carbons (Fsp3) is 0.385. The maximum absolute atomic E-state index is 12.8. The van der Waals surface area contributed by atoms with Gasteiger partial charge in [-0.05, 0) is 48.7 Å². The number of nitrogens with zero attached hydrogens (tertiary/aromatic N) is 1. The van der Waals surface area contributed by atoms with E-state index in [0.717, 1.165) is 28.5 Å². The molecule has 1 fully saturated rings. The molecule has 0 aliphatic carbocycles. The summed E-state index contributed by atoms with van der Waals surface area (Å²) in [6.07, 6.45) is 2.45. The van der Waals surface area contributed by atoms with E-state index in [4.69, 9.17) is 9.15 Å². The van der Waals surface area contributed by atoms with Gasteiger partial charge in [0.2, 0.25) is 5.91 Å². The highest BCUT2D eigenvalue weighted by atomic mass is 16.5. The van der Waals surface area contributed by atoms with Crippen LogP contribution in [0, 0.1) is 5.92 Å². The van der Waals surface area contributed by atoms with Gasteiger partial charge in [-0.2, -0.15) is 0 Å². The minimum absolute atomic E-state index is 0.0604. The molecular weight excluding hydrogens is 420 g/mol. The van der Waals surface area contributed by atoms with E-state index in [0.29, 0.717) is 12.3 Å². The highest BCUT2D eigenvalue weighted by Gasteiger charge is 2.48.